The van der Waals surface area contributed by atoms with Crippen molar-refractivity contribution in [1.82, 2.24) is 14.1 Å². The standard InChI is InChI=1S/C19H29N3O3S/c1-20-11-4-12-21(16-15-20)19(23)10-7-17-5-8-18(9-6-17)26(24,25)22-13-2-3-14-22/h5-6,8-9H,2-4,7,10-16H2,1H3. The Balaban J connectivity index is 1.55. The van der Waals surface area contributed by atoms with Gasteiger partial charge in [0.05, 0.1) is 4.90 Å². The lowest BCUT2D eigenvalue weighted by molar-refractivity contribution is -0.131. The normalized spacial score (nSPS) is 20.3. The number of likely N-dealkylation sites (N-methyl/N-ethyl adjacent to an activating group) is 1. The highest BCUT2D eigenvalue weighted by molar-refractivity contribution is 7.89. The van der Waals surface area contributed by atoms with Gasteiger partial charge in [-0.1, -0.05) is 12.1 Å². The number of carbonyl (C=O) groups excluding carboxylic acids is 1. The van der Waals surface area contributed by atoms with E-state index in [2.05, 4.69) is 11.9 Å². The second-order valence-corrected chi connectivity index (χ2v) is 9.23. The summed E-state index contributed by atoms with van der Waals surface area (Å²) in [6, 6.07) is 7.03. The van der Waals surface area contributed by atoms with Crippen molar-refractivity contribution in [2.75, 3.05) is 46.3 Å². The molecule has 144 valence electrons. The number of carbonyl (C=O) groups is 1. The number of amides is 1. The first-order chi connectivity index (χ1) is 12.5. The fourth-order valence-electron chi connectivity index (χ4n) is 3.61. The lowest BCUT2D eigenvalue weighted by atomic mass is 10.1. The molecule has 1 aromatic carbocycles. The Kier molecular flexibility index (Phi) is 6.32. The van der Waals surface area contributed by atoms with Crippen LogP contribution >= 0.6 is 0 Å². The van der Waals surface area contributed by atoms with Gasteiger partial charge < -0.3 is 9.80 Å². The Morgan fingerprint density at radius 2 is 1.62 bits per heavy atom. The van der Waals surface area contributed by atoms with Gasteiger partial charge in [-0.15, -0.1) is 0 Å². The SMILES string of the molecule is CN1CCCN(C(=O)CCc2ccc(S(=O)(=O)N3CCCC3)cc2)CC1. The zero-order valence-electron chi connectivity index (χ0n) is 15.6. The van der Waals surface area contributed by atoms with E-state index in [1.54, 1.807) is 16.4 Å². The van der Waals surface area contributed by atoms with Crippen molar-refractivity contribution in [3.8, 4) is 0 Å². The molecule has 1 amide bonds. The van der Waals surface area contributed by atoms with E-state index in [4.69, 9.17) is 0 Å². The molecule has 2 saturated heterocycles. The minimum absolute atomic E-state index is 0.189. The molecule has 2 aliphatic heterocycles. The van der Waals surface area contributed by atoms with Crippen LogP contribution in [-0.4, -0.2) is 74.7 Å². The number of rotatable bonds is 5. The first-order valence-electron chi connectivity index (χ1n) is 9.52. The number of aryl methyl sites for hydroxylation is 1. The van der Waals surface area contributed by atoms with Crippen LogP contribution in [0.1, 0.15) is 31.2 Å². The zero-order valence-corrected chi connectivity index (χ0v) is 16.4. The number of benzene rings is 1. The molecule has 0 atom stereocenters. The largest absolute Gasteiger partial charge is 0.341 e. The van der Waals surface area contributed by atoms with Crippen LogP contribution in [0.5, 0.6) is 0 Å². The van der Waals surface area contributed by atoms with Crippen LogP contribution in [-0.2, 0) is 21.2 Å². The van der Waals surface area contributed by atoms with Crippen molar-refractivity contribution in [3.63, 3.8) is 0 Å². The molecule has 0 bridgehead atoms. The molecule has 6 nitrogen and oxygen atoms in total. The smallest absolute Gasteiger partial charge is 0.243 e. The molecule has 7 heteroatoms. The third kappa shape index (κ3) is 4.64. The molecule has 2 aliphatic rings. The van der Waals surface area contributed by atoms with Gasteiger partial charge in [-0.05, 0) is 57.0 Å². The monoisotopic (exact) mass is 379 g/mol. The van der Waals surface area contributed by atoms with Crippen LogP contribution in [0.2, 0.25) is 0 Å². The van der Waals surface area contributed by atoms with Crippen molar-refractivity contribution in [3.05, 3.63) is 29.8 Å². The van der Waals surface area contributed by atoms with Crippen molar-refractivity contribution in [2.24, 2.45) is 0 Å². The van der Waals surface area contributed by atoms with Gasteiger partial charge in [-0.2, -0.15) is 4.31 Å². The van der Waals surface area contributed by atoms with E-state index in [1.807, 2.05) is 17.0 Å². The highest BCUT2D eigenvalue weighted by atomic mass is 32.2. The van der Waals surface area contributed by atoms with Gasteiger partial charge in [0.1, 0.15) is 0 Å². The number of hydrogen-bond acceptors (Lipinski definition) is 4. The summed E-state index contributed by atoms with van der Waals surface area (Å²) < 4.78 is 26.6. The predicted octanol–water partition coefficient (Wildman–Crippen LogP) is 1.57. The molecule has 0 unspecified atom stereocenters. The molecule has 26 heavy (non-hydrogen) atoms. The van der Waals surface area contributed by atoms with Crippen molar-refractivity contribution >= 4 is 15.9 Å². The summed E-state index contributed by atoms with van der Waals surface area (Å²) in [4.78, 5) is 17.0. The summed E-state index contributed by atoms with van der Waals surface area (Å²) in [5.41, 5.74) is 1.01. The maximum atomic E-state index is 12.5. The van der Waals surface area contributed by atoms with Crippen molar-refractivity contribution < 1.29 is 13.2 Å². The van der Waals surface area contributed by atoms with Crippen LogP contribution in [0.15, 0.2) is 29.2 Å². The third-order valence-electron chi connectivity index (χ3n) is 5.33. The fraction of sp³-hybridized carbons (Fsp3) is 0.632. The Bertz CT molecular complexity index is 712. The highest BCUT2D eigenvalue weighted by Crippen LogP contribution is 2.21. The number of sulfonamides is 1. The summed E-state index contributed by atoms with van der Waals surface area (Å²) in [5, 5.41) is 0. The molecule has 0 radical (unpaired) electrons. The molecule has 0 aromatic heterocycles. The Morgan fingerprint density at radius 3 is 2.31 bits per heavy atom. The minimum Gasteiger partial charge on any atom is -0.341 e. The van der Waals surface area contributed by atoms with E-state index < -0.39 is 10.0 Å². The zero-order chi connectivity index (χ0) is 18.6. The van der Waals surface area contributed by atoms with Gasteiger partial charge in [0.25, 0.3) is 0 Å². The Morgan fingerprint density at radius 1 is 0.923 bits per heavy atom. The average molecular weight is 380 g/mol. The molecular formula is C19H29N3O3S. The lowest BCUT2D eigenvalue weighted by Crippen LogP contribution is -2.34. The summed E-state index contributed by atoms with van der Waals surface area (Å²) in [6.45, 7) is 4.82. The summed E-state index contributed by atoms with van der Waals surface area (Å²) in [6.07, 6.45) is 4.01. The molecule has 0 aliphatic carbocycles. The Hall–Kier alpha value is -1.44. The topological polar surface area (TPSA) is 60.9 Å². The van der Waals surface area contributed by atoms with E-state index in [-0.39, 0.29) is 5.91 Å². The Labute approximate surface area is 156 Å². The minimum atomic E-state index is -3.36. The number of nitrogens with zero attached hydrogens (tertiary/aromatic N) is 3. The summed E-state index contributed by atoms with van der Waals surface area (Å²) in [7, 11) is -1.27. The predicted molar refractivity (Wildman–Crippen MR) is 101 cm³/mol. The second-order valence-electron chi connectivity index (χ2n) is 7.29. The summed E-state index contributed by atoms with van der Waals surface area (Å²) >= 11 is 0. The first-order valence-corrected chi connectivity index (χ1v) is 11.0. The molecular weight excluding hydrogens is 350 g/mol. The third-order valence-corrected chi connectivity index (χ3v) is 7.24. The van der Waals surface area contributed by atoms with Gasteiger partial charge in [0.15, 0.2) is 0 Å². The average Bonchev–Trinajstić information content (AvgIpc) is 3.10. The second kappa shape index (κ2) is 8.50. The molecule has 0 saturated carbocycles. The maximum absolute atomic E-state index is 12.5. The van der Waals surface area contributed by atoms with E-state index in [0.29, 0.717) is 30.8 Å². The lowest BCUT2D eigenvalue weighted by Gasteiger charge is -2.20. The summed E-state index contributed by atoms with van der Waals surface area (Å²) in [5.74, 6) is 0.189. The molecule has 0 N–H and O–H groups in total. The van der Waals surface area contributed by atoms with Crippen LogP contribution in [0, 0.1) is 0 Å². The van der Waals surface area contributed by atoms with Crippen LogP contribution < -0.4 is 0 Å². The van der Waals surface area contributed by atoms with Gasteiger partial charge in [-0.25, -0.2) is 8.42 Å². The molecule has 0 spiro atoms. The van der Waals surface area contributed by atoms with Gasteiger partial charge in [-0.3, -0.25) is 4.79 Å². The molecule has 2 fully saturated rings. The molecule has 3 rings (SSSR count). The van der Waals surface area contributed by atoms with Gasteiger partial charge >= 0.3 is 0 Å². The van der Waals surface area contributed by atoms with Crippen molar-refractivity contribution in [1.29, 1.82) is 0 Å². The first kappa shape index (κ1) is 19.3. The van der Waals surface area contributed by atoms with Crippen molar-refractivity contribution in [2.45, 2.75) is 37.0 Å². The van der Waals surface area contributed by atoms with E-state index in [0.717, 1.165) is 51.0 Å². The van der Waals surface area contributed by atoms with Crippen LogP contribution in [0.3, 0.4) is 0 Å². The van der Waals surface area contributed by atoms with Crippen LogP contribution in [0.25, 0.3) is 0 Å². The van der Waals surface area contributed by atoms with E-state index in [1.165, 1.54) is 0 Å². The molecule has 2 heterocycles. The maximum Gasteiger partial charge on any atom is 0.243 e. The van der Waals surface area contributed by atoms with Gasteiger partial charge in [0.2, 0.25) is 15.9 Å². The quantitative estimate of drug-likeness (QED) is 0.779. The van der Waals surface area contributed by atoms with E-state index >= 15 is 0 Å². The van der Waals surface area contributed by atoms with Crippen LogP contribution in [0.4, 0.5) is 0 Å². The van der Waals surface area contributed by atoms with Gasteiger partial charge in [0, 0.05) is 39.1 Å². The van der Waals surface area contributed by atoms with E-state index in [9.17, 15) is 13.2 Å². The number of hydrogen-bond donors (Lipinski definition) is 0. The molecule has 1 aromatic rings. The fourth-order valence-corrected chi connectivity index (χ4v) is 5.13. The highest BCUT2D eigenvalue weighted by Gasteiger charge is 2.27.